The molecule has 0 spiro atoms. The summed E-state index contributed by atoms with van der Waals surface area (Å²) >= 11 is 0. The Kier molecular flexibility index (Phi) is 4.36. The monoisotopic (exact) mass is 285 g/mol. The normalized spacial score (nSPS) is 18.7. The van der Waals surface area contributed by atoms with Gasteiger partial charge in [-0.1, -0.05) is 30.3 Å². The van der Waals surface area contributed by atoms with Crippen molar-refractivity contribution in [2.75, 3.05) is 19.6 Å². The average molecular weight is 285 g/mol. The predicted octanol–water partition coefficient (Wildman–Crippen LogP) is 2.26. The van der Waals surface area contributed by atoms with Crippen LogP contribution in [0.4, 0.5) is 0 Å². The highest BCUT2D eigenvalue weighted by molar-refractivity contribution is 5.22. The van der Waals surface area contributed by atoms with Crippen molar-refractivity contribution in [3.8, 4) is 0 Å². The third-order valence-corrected chi connectivity index (χ3v) is 4.44. The molecule has 0 atom stereocenters. The molecule has 0 radical (unpaired) electrons. The van der Waals surface area contributed by atoms with Crippen LogP contribution < -0.4 is 0 Å². The summed E-state index contributed by atoms with van der Waals surface area (Å²) in [5.74, 6) is 0. The van der Waals surface area contributed by atoms with E-state index >= 15 is 0 Å². The second-order valence-corrected chi connectivity index (χ2v) is 5.89. The van der Waals surface area contributed by atoms with Gasteiger partial charge in [0, 0.05) is 32.0 Å². The minimum Gasteiger partial charge on any atom is -0.385 e. The molecule has 0 bridgehead atoms. The molecule has 0 unspecified atom stereocenters. The van der Waals surface area contributed by atoms with Gasteiger partial charge in [-0.25, -0.2) is 4.98 Å². The second-order valence-electron chi connectivity index (χ2n) is 5.89. The summed E-state index contributed by atoms with van der Waals surface area (Å²) < 4.78 is 2.12. The Morgan fingerprint density at radius 1 is 1.10 bits per heavy atom. The van der Waals surface area contributed by atoms with Crippen molar-refractivity contribution < 1.29 is 5.11 Å². The van der Waals surface area contributed by atoms with Gasteiger partial charge in [0.25, 0.3) is 0 Å². The number of benzene rings is 1. The lowest BCUT2D eigenvalue weighted by molar-refractivity contribution is -0.0261. The molecule has 2 heterocycles. The molecule has 0 saturated carbocycles. The van der Waals surface area contributed by atoms with Crippen molar-refractivity contribution >= 4 is 0 Å². The number of imidazole rings is 1. The van der Waals surface area contributed by atoms with Crippen molar-refractivity contribution in [2.24, 2.45) is 0 Å². The quantitative estimate of drug-likeness (QED) is 0.916. The Morgan fingerprint density at radius 2 is 1.86 bits per heavy atom. The summed E-state index contributed by atoms with van der Waals surface area (Å²) in [6.45, 7) is 4.03. The van der Waals surface area contributed by atoms with Crippen LogP contribution in [0.5, 0.6) is 0 Å². The van der Waals surface area contributed by atoms with Crippen LogP contribution in [0, 0.1) is 0 Å². The summed E-state index contributed by atoms with van der Waals surface area (Å²) in [4.78, 5) is 6.51. The highest BCUT2D eigenvalue weighted by atomic mass is 16.3. The number of aliphatic hydroxyl groups is 1. The van der Waals surface area contributed by atoms with E-state index in [0.717, 1.165) is 51.0 Å². The number of rotatable bonds is 5. The summed E-state index contributed by atoms with van der Waals surface area (Å²) in [6, 6.07) is 10.1. The number of piperidine rings is 1. The van der Waals surface area contributed by atoms with E-state index in [1.54, 1.807) is 0 Å². The zero-order valence-electron chi connectivity index (χ0n) is 12.4. The molecule has 4 nitrogen and oxygen atoms in total. The maximum atomic E-state index is 10.8. The number of aromatic nitrogens is 2. The van der Waals surface area contributed by atoms with Crippen LogP contribution in [-0.4, -0.2) is 39.2 Å². The van der Waals surface area contributed by atoms with Gasteiger partial charge < -0.3 is 14.6 Å². The summed E-state index contributed by atoms with van der Waals surface area (Å²) in [5, 5.41) is 10.8. The van der Waals surface area contributed by atoms with Crippen molar-refractivity contribution in [1.29, 1.82) is 0 Å². The molecule has 1 aromatic heterocycles. The van der Waals surface area contributed by atoms with E-state index in [4.69, 9.17) is 0 Å². The summed E-state index contributed by atoms with van der Waals surface area (Å²) in [7, 11) is 0. The largest absolute Gasteiger partial charge is 0.385 e. The third-order valence-electron chi connectivity index (χ3n) is 4.44. The second kappa shape index (κ2) is 6.41. The Bertz CT molecular complexity index is 530. The molecule has 112 valence electrons. The first kappa shape index (κ1) is 14.3. The lowest BCUT2D eigenvalue weighted by Gasteiger charge is -2.38. The zero-order valence-corrected chi connectivity index (χ0v) is 12.4. The fraction of sp³-hybridized carbons (Fsp3) is 0.471. The van der Waals surface area contributed by atoms with E-state index in [2.05, 4.69) is 14.5 Å². The van der Waals surface area contributed by atoms with Gasteiger partial charge in [-0.2, -0.15) is 0 Å². The van der Waals surface area contributed by atoms with E-state index < -0.39 is 5.60 Å². The van der Waals surface area contributed by atoms with Gasteiger partial charge >= 0.3 is 0 Å². The summed E-state index contributed by atoms with van der Waals surface area (Å²) in [5.41, 5.74) is 0.422. The summed E-state index contributed by atoms with van der Waals surface area (Å²) in [6.07, 6.45) is 8.46. The fourth-order valence-electron chi connectivity index (χ4n) is 3.08. The molecule has 3 rings (SSSR count). The minimum absolute atomic E-state index is 0.637. The van der Waals surface area contributed by atoms with Crippen LogP contribution in [0.25, 0.3) is 0 Å². The maximum Gasteiger partial charge on any atom is 0.0945 e. The lowest BCUT2D eigenvalue weighted by Crippen LogP contribution is -2.43. The molecule has 0 aliphatic carbocycles. The van der Waals surface area contributed by atoms with E-state index in [1.165, 1.54) is 0 Å². The minimum atomic E-state index is -0.637. The first-order chi connectivity index (χ1) is 10.3. The predicted molar refractivity (Wildman–Crippen MR) is 82.9 cm³/mol. The molecule has 4 heteroatoms. The van der Waals surface area contributed by atoms with Crippen LogP contribution in [-0.2, 0) is 12.1 Å². The molecule has 2 aromatic rings. The van der Waals surface area contributed by atoms with E-state index in [1.807, 2.05) is 49.1 Å². The van der Waals surface area contributed by atoms with Gasteiger partial charge in [-0.05, 0) is 31.4 Å². The standard InChI is InChI=1S/C17H23N3O/c21-17(16-5-2-1-3-6-16)7-12-19(13-8-17)10-4-11-20-14-9-18-15-20/h1-3,5-6,9,14-15,21H,4,7-8,10-13H2. The molecular weight excluding hydrogens is 262 g/mol. The molecule has 21 heavy (non-hydrogen) atoms. The van der Waals surface area contributed by atoms with Gasteiger partial charge in [-0.15, -0.1) is 0 Å². The lowest BCUT2D eigenvalue weighted by atomic mass is 9.84. The highest BCUT2D eigenvalue weighted by Crippen LogP contribution is 2.32. The van der Waals surface area contributed by atoms with Crippen molar-refractivity contribution in [3.05, 3.63) is 54.6 Å². The van der Waals surface area contributed by atoms with Crippen LogP contribution >= 0.6 is 0 Å². The van der Waals surface area contributed by atoms with Gasteiger partial charge in [-0.3, -0.25) is 0 Å². The van der Waals surface area contributed by atoms with Crippen molar-refractivity contribution in [1.82, 2.24) is 14.5 Å². The molecule has 1 aliphatic heterocycles. The molecule has 1 aromatic carbocycles. The Morgan fingerprint density at radius 3 is 2.52 bits per heavy atom. The zero-order chi connectivity index (χ0) is 14.5. The highest BCUT2D eigenvalue weighted by Gasteiger charge is 2.33. The first-order valence-electron chi connectivity index (χ1n) is 7.72. The third kappa shape index (κ3) is 3.52. The molecule has 0 amide bonds. The van der Waals surface area contributed by atoms with E-state index in [0.29, 0.717) is 0 Å². The maximum absolute atomic E-state index is 10.8. The van der Waals surface area contributed by atoms with Gasteiger partial charge in [0.15, 0.2) is 0 Å². The molecule has 1 saturated heterocycles. The topological polar surface area (TPSA) is 41.3 Å². The number of hydrogen-bond acceptors (Lipinski definition) is 3. The van der Waals surface area contributed by atoms with Gasteiger partial charge in [0.2, 0.25) is 0 Å². The first-order valence-corrected chi connectivity index (χ1v) is 7.72. The van der Waals surface area contributed by atoms with Crippen LogP contribution in [0.3, 0.4) is 0 Å². The Hall–Kier alpha value is -1.65. The number of hydrogen-bond donors (Lipinski definition) is 1. The molecule has 1 fully saturated rings. The van der Waals surface area contributed by atoms with Crippen LogP contribution in [0.15, 0.2) is 49.1 Å². The number of nitrogens with zero attached hydrogens (tertiary/aromatic N) is 3. The Labute approximate surface area is 126 Å². The van der Waals surface area contributed by atoms with Crippen LogP contribution in [0.2, 0.25) is 0 Å². The number of aryl methyl sites for hydroxylation is 1. The van der Waals surface area contributed by atoms with E-state index in [-0.39, 0.29) is 0 Å². The SMILES string of the molecule is OC1(c2ccccc2)CCN(CCCn2ccnc2)CC1. The molecule has 1 N–H and O–H groups in total. The number of likely N-dealkylation sites (tertiary alicyclic amines) is 1. The molecule has 1 aliphatic rings. The van der Waals surface area contributed by atoms with Crippen molar-refractivity contribution in [2.45, 2.75) is 31.4 Å². The van der Waals surface area contributed by atoms with Gasteiger partial charge in [0.05, 0.1) is 11.9 Å². The average Bonchev–Trinajstić information content (AvgIpc) is 3.04. The Balaban J connectivity index is 1.46. The smallest absolute Gasteiger partial charge is 0.0945 e. The fourth-order valence-corrected chi connectivity index (χ4v) is 3.08. The van der Waals surface area contributed by atoms with Crippen molar-refractivity contribution in [3.63, 3.8) is 0 Å². The van der Waals surface area contributed by atoms with Crippen LogP contribution in [0.1, 0.15) is 24.8 Å². The van der Waals surface area contributed by atoms with Gasteiger partial charge in [0.1, 0.15) is 0 Å². The molecular formula is C17H23N3O. The van der Waals surface area contributed by atoms with E-state index in [9.17, 15) is 5.11 Å².